The number of carbonyl (C=O) groups is 7. The summed E-state index contributed by atoms with van der Waals surface area (Å²) in [6.07, 6.45) is 2.14. The van der Waals surface area contributed by atoms with Crippen LogP contribution >= 0.6 is 11.6 Å². The normalized spacial score (nSPS) is 27.9. The fourth-order valence-corrected chi connectivity index (χ4v) is 7.25. The lowest BCUT2D eigenvalue weighted by Gasteiger charge is -2.35. The van der Waals surface area contributed by atoms with Gasteiger partial charge < -0.3 is 40.5 Å². The number of cyclic esters (lactones) is 1. The van der Waals surface area contributed by atoms with Crippen LogP contribution in [0.15, 0.2) is 47.6 Å². The van der Waals surface area contributed by atoms with Gasteiger partial charge in [0.1, 0.15) is 35.8 Å². The summed E-state index contributed by atoms with van der Waals surface area (Å²) in [6, 6.07) is 2.39. The maximum atomic E-state index is 14.3. The second kappa shape index (κ2) is 23.6. The molecule has 6 amide bonds. The summed E-state index contributed by atoms with van der Waals surface area (Å²) in [6.45, 7) is 18.2. The number of nitrogens with zero attached hydrogens (tertiary/aromatic N) is 3. The molecule has 16 heteroatoms. The molecule has 0 saturated carbocycles. The van der Waals surface area contributed by atoms with E-state index in [0.717, 1.165) is 4.90 Å². The first-order chi connectivity index (χ1) is 28.8. The van der Waals surface area contributed by atoms with Gasteiger partial charge in [0.2, 0.25) is 35.4 Å². The minimum absolute atomic E-state index is 0.0120. The molecular formula is C46H71ClN6O9. The maximum absolute atomic E-state index is 14.3. The monoisotopic (exact) mass is 886 g/mol. The molecule has 8 atom stereocenters. The Bertz CT molecular complexity index is 1830. The minimum atomic E-state index is -1.59. The summed E-state index contributed by atoms with van der Waals surface area (Å²) in [7, 11) is 4.35. The van der Waals surface area contributed by atoms with E-state index in [2.05, 4.69) is 16.0 Å². The Morgan fingerprint density at radius 1 is 0.935 bits per heavy atom. The average molecular weight is 888 g/mol. The van der Waals surface area contributed by atoms with Crippen LogP contribution in [0.25, 0.3) is 0 Å². The summed E-state index contributed by atoms with van der Waals surface area (Å²) in [5, 5.41) is 20.1. The van der Waals surface area contributed by atoms with Crippen molar-refractivity contribution in [2.45, 2.75) is 144 Å². The molecule has 1 aromatic rings. The van der Waals surface area contributed by atoms with Crippen molar-refractivity contribution in [2.24, 2.45) is 17.8 Å². The van der Waals surface area contributed by atoms with Crippen molar-refractivity contribution in [3.63, 3.8) is 0 Å². The van der Waals surface area contributed by atoms with Crippen LogP contribution in [0.1, 0.15) is 101 Å². The summed E-state index contributed by atoms with van der Waals surface area (Å²) in [4.78, 5) is 101. The topological polar surface area (TPSA) is 195 Å². The molecule has 15 nitrogen and oxygen atoms in total. The van der Waals surface area contributed by atoms with E-state index in [1.165, 1.54) is 51.7 Å². The van der Waals surface area contributed by atoms with Crippen molar-refractivity contribution in [3.05, 3.63) is 58.1 Å². The van der Waals surface area contributed by atoms with E-state index in [9.17, 15) is 38.7 Å². The third-order valence-corrected chi connectivity index (χ3v) is 11.9. The molecule has 62 heavy (non-hydrogen) atoms. The van der Waals surface area contributed by atoms with Gasteiger partial charge in [-0.1, -0.05) is 76.9 Å². The average Bonchev–Trinajstić information content (AvgIpc) is 3.22. The zero-order chi connectivity index (χ0) is 47.4. The van der Waals surface area contributed by atoms with Gasteiger partial charge in [-0.3, -0.25) is 28.8 Å². The Morgan fingerprint density at radius 3 is 2.08 bits per heavy atom. The number of aliphatic hydroxyl groups is 1. The lowest BCUT2D eigenvalue weighted by atomic mass is 9.90. The molecule has 4 N–H and O–H groups in total. The molecule has 0 aromatic heterocycles. The minimum Gasteiger partial charge on any atom is -0.456 e. The molecule has 0 saturated heterocycles. The highest BCUT2D eigenvalue weighted by atomic mass is 35.5. The van der Waals surface area contributed by atoms with Gasteiger partial charge in [-0.05, 0) is 89.5 Å². The van der Waals surface area contributed by atoms with Gasteiger partial charge in [0, 0.05) is 44.1 Å². The van der Waals surface area contributed by atoms with Crippen molar-refractivity contribution in [1.29, 1.82) is 0 Å². The van der Waals surface area contributed by atoms with Crippen molar-refractivity contribution in [2.75, 3.05) is 27.7 Å². The number of nitrogens with one attached hydrogen (secondary N) is 3. The standard InChI is InChI=1S/C46H71ClN6O9/c1-15-27(5)38-41(57)50-46(10,11)45(61)62-39(28(6)16-2)30(8)36(54)22-17-29(7)42(58)52(13)34(23-26(3)4)40(56)48-31(9)43(59)53(14)35(24-32-18-20-33(47)21-19-32)44(60)51(12)25-37(55)49-38/h16-21,26-27,30-31,34-36,38-39,54H,15,22-25H2,1-14H3,(H,48,56)(H,49,55)(H,50,57)/b28-16+,29-17-/t27-,30+,31+,34-,35-,36+,38+,39-/m1/s1. The molecule has 0 unspecified atom stereocenters. The predicted octanol–water partition coefficient (Wildman–Crippen LogP) is 4.20. The molecular weight excluding hydrogens is 816 g/mol. The molecule has 346 valence electrons. The summed E-state index contributed by atoms with van der Waals surface area (Å²) in [5.41, 5.74) is 0.00168. The highest BCUT2D eigenvalue weighted by molar-refractivity contribution is 6.30. The van der Waals surface area contributed by atoms with Crippen LogP contribution < -0.4 is 16.0 Å². The van der Waals surface area contributed by atoms with E-state index < -0.39 is 102 Å². The number of ether oxygens (including phenoxy) is 1. The van der Waals surface area contributed by atoms with E-state index in [-0.39, 0.29) is 30.8 Å². The number of esters is 1. The fraction of sp³-hybridized carbons (Fsp3) is 0.630. The second-order valence-electron chi connectivity index (χ2n) is 17.7. The number of halogens is 1. The number of amides is 6. The number of aliphatic hydroxyl groups excluding tert-OH is 1. The highest BCUT2D eigenvalue weighted by Crippen LogP contribution is 2.25. The first-order valence-corrected chi connectivity index (χ1v) is 21.8. The number of rotatable bonds is 7. The molecule has 0 spiro atoms. The quantitative estimate of drug-likeness (QED) is 0.230. The Kier molecular flexibility index (Phi) is 20.3. The Labute approximate surface area is 373 Å². The van der Waals surface area contributed by atoms with Crippen LogP contribution in [-0.4, -0.2) is 131 Å². The van der Waals surface area contributed by atoms with Gasteiger partial charge in [0.25, 0.3) is 0 Å². The van der Waals surface area contributed by atoms with Crippen LogP contribution in [0.5, 0.6) is 0 Å². The smallest absolute Gasteiger partial charge is 0.331 e. The van der Waals surface area contributed by atoms with E-state index in [4.69, 9.17) is 16.3 Å². The molecule has 1 aromatic carbocycles. The number of hydrogen-bond acceptors (Lipinski definition) is 9. The molecule has 0 radical (unpaired) electrons. The van der Waals surface area contributed by atoms with Crippen molar-refractivity contribution >= 4 is 53.0 Å². The fourth-order valence-electron chi connectivity index (χ4n) is 7.12. The largest absolute Gasteiger partial charge is 0.456 e. The Balaban J connectivity index is 2.71. The van der Waals surface area contributed by atoms with E-state index in [0.29, 0.717) is 22.6 Å². The lowest BCUT2D eigenvalue weighted by molar-refractivity contribution is -0.159. The van der Waals surface area contributed by atoms with Crippen LogP contribution in [0.4, 0.5) is 0 Å². The van der Waals surface area contributed by atoms with Crippen LogP contribution in [0.2, 0.25) is 5.02 Å². The summed E-state index contributed by atoms with van der Waals surface area (Å²) >= 11 is 6.13. The number of benzene rings is 1. The summed E-state index contributed by atoms with van der Waals surface area (Å²) in [5.74, 6) is -5.39. The number of likely N-dealkylation sites (N-methyl/N-ethyl adjacent to an activating group) is 3. The second-order valence-corrected chi connectivity index (χ2v) is 18.2. The molecule has 1 aliphatic heterocycles. The van der Waals surface area contributed by atoms with Crippen molar-refractivity contribution in [1.82, 2.24) is 30.7 Å². The number of carbonyl (C=O) groups excluding carboxylic acids is 7. The van der Waals surface area contributed by atoms with Crippen LogP contribution in [0.3, 0.4) is 0 Å². The van der Waals surface area contributed by atoms with Gasteiger partial charge in [-0.2, -0.15) is 0 Å². The third kappa shape index (κ3) is 14.7. The van der Waals surface area contributed by atoms with Crippen molar-refractivity contribution in [3.8, 4) is 0 Å². The van der Waals surface area contributed by atoms with E-state index >= 15 is 0 Å². The van der Waals surface area contributed by atoms with Gasteiger partial charge in [0.05, 0.1) is 12.6 Å². The Morgan fingerprint density at radius 2 is 1.53 bits per heavy atom. The first-order valence-electron chi connectivity index (χ1n) is 21.4. The third-order valence-electron chi connectivity index (χ3n) is 11.7. The predicted molar refractivity (Wildman–Crippen MR) is 239 cm³/mol. The Hall–Kier alpha value is -4.76. The molecule has 0 fully saturated rings. The molecule has 0 aliphatic carbocycles. The lowest BCUT2D eigenvalue weighted by Crippen LogP contribution is -2.60. The molecule has 1 aliphatic rings. The zero-order valence-electron chi connectivity index (χ0n) is 39.1. The SMILES string of the molecule is C/C=C(\C)[C@H]1OC(=O)C(C)(C)NC(=O)[C@H]([C@H](C)CC)NC(=O)CN(C)C(=O)[C@@H](Cc2ccc(Cl)cc2)N(C)C(=O)[C@H](C)NC(=O)[C@@H](CC(C)C)N(C)C(=O)/C(C)=C\C[C@H](O)[C@@H]1C. The van der Waals surface area contributed by atoms with Crippen LogP contribution in [-0.2, 0) is 44.7 Å². The van der Waals surface area contributed by atoms with E-state index in [1.807, 2.05) is 20.8 Å². The van der Waals surface area contributed by atoms with E-state index in [1.54, 1.807) is 71.0 Å². The zero-order valence-corrected chi connectivity index (χ0v) is 39.9. The van der Waals surface area contributed by atoms with Gasteiger partial charge >= 0.3 is 5.97 Å². The summed E-state index contributed by atoms with van der Waals surface area (Å²) < 4.78 is 6.00. The molecule has 2 rings (SSSR count). The molecule has 0 bridgehead atoms. The first kappa shape index (κ1) is 53.4. The maximum Gasteiger partial charge on any atom is 0.331 e. The van der Waals surface area contributed by atoms with Gasteiger partial charge in [-0.15, -0.1) is 0 Å². The number of allylic oxidation sites excluding steroid dienone is 1. The van der Waals surface area contributed by atoms with Gasteiger partial charge in [0.15, 0.2) is 0 Å². The van der Waals surface area contributed by atoms with Crippen LogP contribution in [0, 0.1) is 17.8 Å². The number of hydrogen-bond donors (Lipinski definition) is 4. The van der Waals surface area contributed by atoms with Crippen molar-refractivity contribution < 1.29 is 43.4 Å². The van der Waals surface area contributed by atoms with Gasteiger partial charge in [-0.25, -0.2) is 4.79 Å². The highest BCUT2D eigenvalue weighted by Gasteiger charge is 2.40. The molecule has 1 heterocycles.